The van der Waals surface area contributed by atoms with Crippen LogP contribution in [0.25, 0.3) is 0 Å². The number of carbonyl (C=O) groups excluding carboxylic acids is 1. The quantitative estimate of drug-likeness (QED) is 0.845. The monoisotopic (exact) mass is 247 g/mol. The van der Waals surface area contributed by atoms with Crippen molar-refractivity contribution in [2.75, 3.05) is 5.32 Å². The van der Waals surface area contributed by atoms with Gasteiger partial charge in [-0.05, 0) is 12.1 Å². The number of nitrogens with one attached hydrogen (secondary N) is 2. The molecule has 6 nitrogen and oxygen atoms in total. The molecule has 2 aromatic heterocycles. The van der Waals surface area contributed by atoms with Crippen LogP contribution in [0.1, 0.15) is 32.0 Å². The minimum absolute atomic E-state index is 0.0852. The van der Waals surface area contributed by atoms with E-state index in [2.05, 4.69) is 20.5 Å². The van der Waals surface area contributed by atoms with E-state index in [1.54, 1.807) is 0 Å². The van der Waals surface area contributed by atoms with E-state index in [-0.39, 0.29) is 11.8 Å². The van der Waals surface area contributed by atoms with E-state index in [1.807, 2.05) is 42.9 Å². The zero-order valence-corrected chi connectivity index (χ0v) is 10.6. The van der Waals surface area contributed by atoms with Gasteiger partial charge in [0.1, 0.15) is 5.82 Å². The summed E-state index contributed by atoms with van der Waals surface area (Å²) in [5.41, 5.74) is 0. The highest BCUT2D eigenvalue weighted by Gasteiger charge is 2.09. The first-order chi connectivity index (χ1) is 8.65. The van der Waals surface area contributed by atoms with Gasteiger partial charge in [-0.1, -0.05) is 13.8 Å². The average Bonchev–Trinajstić information content (AvgIpc) is 2.96. The highest BCUT2D eigenvalue weighted by atomic mass is 16.1. The predicted molar refractivity (Wildman–Crippen MR) is 68.2 cm³/mol. The smallest absolute Gasteiger partial charge is 0.248 e. The topological polar surface area (TPSA) is 75.6 Å². The zero-order chi connectivity index (χ0) is 13.0. The lowest BCUT2D eigenvalue weighted by Crippen LogP contribution is -2.15. The number of H-pyrrole nitrogens is 1. The van der Waals surface area contributed by atoms with Crippen LogP contribution in [-0.2, 0) is 11.3 Å². The number of carbonyl (C=O) groups is 1. The number of anilines is 1. The fraction of sp³-hybridized carbons (Fsp3) is 0.417. The van der Waals surface area contributed by atoms with Crippen molar-refractivity contribution in [1.82, 2.24) is 19.7 Å². The Morgan fingerprint density at radius 2 is 2.17 bits per heavy atom. The second-order valence-corrected chi connectivity index (χ2v) is 4.42. The SMILES string of the molecule is CC(C)c1nc(NC(=O)CCn2cccc2)n[nH]1. The number of hydrogen-bond acceptors (Lipinski definition) is 3. The molecule has 0 spiro atoms. The maximum absolute atomic E-state index is 11.7. The van der Waals surface area contributed by atoms with Crippen molar-refractivity contribution in [3.05, 3.63) is 30.4 Å². The molecule has 0 aliphatic carbocycles. The third-order valence-electron chi connectivity index (χ3n) is 2.56. The second kappa shape index (κ2) is 5.48. The van der Waals surface area contributed by atoms with Gasteiger partial charge >= 0.3 is 0 Å². The van der Waals surface area contributed by atoms with Gasteiger partial charge in [0.15, 0.2) is 0 Å². The summed E-state index contributed by atoms with van der Waals surface area (Å²) in [4.78, 5) is 15.9. The van der Waals surface area contributed by atoms with Crippen molar-refractivity contribution in [3.8, 4) is 0 Å². The van der Waals surface area contributed by atoms with Gasteiger partial charge in [-0.25, -0.2) is 0 Å². The summed E-state index contributed by atoms with van der Waals surface area (Å²) < 4.78 is 1.96. The Labute approximate surface area is 105 Å². The fourth-order valence-corrected chi connectivity index (χ4v) is 1.53. The van der Waals surface area contributed by atoms with Gasteiger partial charge < -0.3 is 4.57 Å². The van der Waals surface area contributed by atoms with E-state index in [4.69, 9.17) is 0 Å². The van der Waals surface area contributed by atoms with Crippen LogP contribution in [0, 0.1) is 0 Å². The summed E-state index contributed by atoms with van der Waals surface area (Å²) >= 11 is 0. The molecular formula is C12H17N5O. The molecule has 0 saturated heterocycles. The molecule has 2 rings (SSSR count). The molecule has 0 fully saturated rings. The molecule has 2 aromatic rings. The third kappa shape index (κ3) is 3.19. The molecule has 0 bridgehead atoms. The van der Waals surface area contributed by atoms with Crippen molar-refractivity contribution in [2.24, 2.45) is 0 Å². The summed E-state index contributed by atoms with van der Waals surface area (Å²) in [7, 11) is 0. The Bertz CT molecular complexity index is 500. The Balaban J connectivity index is 1.83. The van der Waals surface area contributed by atoms with Crippen LogP contribution in [0.15, 0.2) is 24.5 Å². The van der Waals surface area contributed by atoms with Crippen LogP contribution in [0.2, 0.25) is 0 Å². The van der Waals surface area contributed by atoms with Gasteiger partial charge in [-0.3, -0.25) is 15.2 Å². The first kappa shape index (κ1) is 12.3. The Morgan fingerprint density at radius 3 is 2.78 bits per heavy atom. The molecule has 18 heavy (non-hydrogen) atoms. The highest BCUT2D eigenvalue weighted by Crippen LogP contribution is 2.09. The van der Waals surface area contributed by atoms with Crippen LogP contribution < -0.4 is 5.32 Å². The summed E-state index contributed by atoms with van der Waals surface area (Å²) in [5, 5.41) is 9.42. The summed E-state index contributed by atoms with van der Waals surface area (Å²) in [5.74, 6) is 1.30. The van der Waals surface area contributed by atoms with Crippen LogP contribution in [0.5, 0.6) is 0 Å². The van der Waals surface area contributed by atoms with Gasteiger partial charge in [-0.2, -0.15) is 4.98 Å². The Kier molecular flexibility index (Phi) is 3.76. The zero-order valence-electron chi connectivity index (χ0n) is 10.6. The lowest BCUT2D eigenvalue weighted by molar-refractivity contribution is -0.116. The third-order valence-corrected chi connectivity index (χ3v) is 2.56. The molecule has 96 valence electrons. The highest BCUT2D eigenvalue weighted by molar-refractivity contribution is 5.88. The average molecular weight is 247 g/mol. The van der Waals surface area contributed by atoms with Gasteiger partial charge in [-0.15, -0.1) is 5.10 Å². The summed E-state index contributed by atoms with van der Waals surface area (Å²) in [6, 6.07) is 3.87. The predicted octanol–water partition coefficient (Wildman–Crippen LogP) is 1.76. The van der Waals surface area contributed by atoms with Crippen LogP contribution in [-0.4, -0.2) is 25.7 Å². The largest absolute Gasteiger partial charge is 0.354 e. The number of aromatic nitrogens is 4. The lowest BCUT2D eigenvalue weighted by Gasteiger charge is -2.02. The van der Waals surface area contributed by atoms with Crippen molar-refractivity contribution < 1.29 is 4.79 Å². The van der Waals surface area contributed by atoms with E-state index in [0.717, 1.165) is 5.82 Å². The van der Waals surface area contributed by atoms with Crippen molar-refractivity contribution in [2.45, 2.75) is 32.7 Å². The van der Waals surface area contributed by atoms with E-state index in [1.165, 1.54) is 0 Å². The summed E-state index contributed by atoms with van der Waals surface area (Å²) in [6.07, 6.45) is 4.26. The minimum Gasteiger partial charge on any atom is -0.354 e. The Hall–Kier alpha value is -2.11. The van der Waals surface area contributed by atoms with Crippen LogP contribution in [0.4, 0.5) is 5.95 Å². The van der Waals surface area contributed by atoms with E-state index < -0.39 is 0 Å². The van der Waals surface area contributed by atoms with Crippen LogP contribution >= 0.6 is 0 Å². The molecular weight excluding hydrogens is 230 g/mol. The molecule has 0 atom stereocenters. The molecule has 6 heteroatoms. The molecule has 0 unspecified atom stereocenters. The van der Waals surface area contributed by atoms with E-state index in [0.29, 0.717) is 18.9 Å². The number of aromatic amines is 1. The number of amides is 1. The first-order valence-corrected chi connectivity index (χ1v) is 5.98. The van der Waals surface area contributed by atoms with Gasteiger partial charge in [0.25, 0.3) is 0 Å². The van der Waals surface area contributed by atoms with Gasteiger partial charge in [0.05, 0.1) is 0 Å². The molecule has 0 aromatic carbocycles. The molecule has 2 heterocycles. The lowest BCUT2D eigenvalue weighted by atomic mass is 10.2. The van der Waals surface area contributed by atoms with Gasteiger partial charge in [0.2, 0.25) is 11.9 Å². The number of rotatable bonds is 5. The molecule has 0 aliphatic heterocycles. The first-order valence-electron chi connectivity index (χ1n) is 5.98. The number of hydrogen-bond donors (Lipinski definition) is 2. The Morgan fingerprint density at radius 1 is 1.44 bits per heavy atom. The summed E-state index contributed by atoms with van der Waals surface area (Å²) in [6.45, 7) is 4.68. The number of aryl methyl sites for hydroxylation is 1. The molecule has 0 saturated carbocycles. The normalized spacial score (nSPS) is 10.8. The molecule has 0 aliphatic rings. The number of nitrogens with zero attached hydrogens (tertiary/aromatic N) is 3. The van der Waals surface area contributed by atoms with E-state index in [9.17, 15) is 4.79 Å². The van der Waals surface area contributed by atoms with Crippen molar-refractivity contribution in [3.63, 3.8) is 0 Å². The van der Waals surface area contributed by atoms with Crippen molar-refractivity contribution >= 4 is 11.9 Å². The fourth-order valence-electron chi connectivity index (χ4n) is 1.53. The van der Waals surface area contributed by atoms with Crippen molar-refractivity contribution in [1.29, 1.82) is 0 Å². The maximum atomic E-state index is 11.7. The maximum Gasteiger partial charge on any atom is 0.248 e. The van der Waals surface area contributed by atoms with E-state index >= 15 is 0 Å². The molecule has 0 radical (unpaired) electrons. The molecule has 1 amide bonds. The molecule has 2 N–H and O–H groups in total. The standard InChI is InChI=1S/C12H17N5O/c1-9(2)11-14-12(16-15-11)13-10(18)5-8-17-6-3-4-7-17/h3-4,6-7,9H,5,8H2,1-2H3,(H2,13,14,15,16,18). The van der Waals surface area contributed by atoms with Crippen LogP contribution in [0.3, 0.4) is 0 Å². The van der Waals surface area contributed by atoms with Gasteiger partial charge in [0, 0.05) is 31.3 Å². The second-order valence-electron chi connectivity index (χ2n) is 4.42. The minimum atomic E-state index is -0.0852.